The van der Waals surface area contributed by atoms with Crippen LogP contribution in [0.4, 0.5) is 0 Å². The van der Waals surface area contributed by atoms with Crippen molar-refractivity contribution in [3.05, 3.63) is 28.7 Å². The van der Waals surface area contributed by atoms with Crippen LogP contribution < -0.4 is 0 Å². The van der Waals surface area contributed by atoms with Gasteiger partial charge in [-0.05, 0) is 36.2 Å². The standard InChI is InChI=1S/C9H10BrClO/c1-2-7(6-10)5-8-3-4-9(11)12-8/h3-5H,2,6H2,1H3/b7-5-. The molecule has 0 unspecified atom stereocenters. The summed E-state index contributed by atoms with van der Waals surface area (Å²) in [5, 5.41) is 1.31. The van der Waals surface area contributed by atoms with Gasteiger partial charge in [0, 0.05) is 5.33 Å². The van der Waals surface area contributed by atoms with Gasteiger partial charge in [-0.3, -0.25) is 0 Å². The summed E-state index contributed by atoms with van der Waals surface area (Å²) in [7, 11) is 0. The minimum absolute atomic E-state index is 0.436. The summed E-state index contributed by atoms with van der Waals surface area (Å²) in [5.74, 6) is 0.816. The van der Waals surface area contributed by atoms with Gasteiger partial charge in [-0.1, -0.05) is 28.4 Å². The Morgan fingerprint density at radius 1 is 1.67 bits per heavy atom. The SMILES string of the molecule is CC/C(=C/c1ccc(Cl)o1)CBr. The summed E-state index contributed by atoms with van der Waals surface area (Å²) in [5.41, 5.74) is 1.29. The van der Waals surface area contributed by atoms with Crippen LogP contribution in [-0.4, -0.2) is 5.33 Å². The zero-order valence-electron chi connectivity index (χ0n) is 6.81. The van der Waals surface area contributed by atoms with E-state index in [1.54, 1.807) is 6.07 Å². The van der Waals surface area contributed by atoms with Crippen molar-refractivity contribution in [3.8, 4) is 0 Å². The molecule has 0 radical (unpaired) electrons. The van der Waals surface area contributed by atoms with E-state index in [1.165, 1.54) is 5.57 Å². The second-order valence-corrected chi connectivity index (χ2v) is 3.36. The molecule has 12 heavy (non-hydrogen) atoms. The van der Waals surface area contributed by atoms with Crippen molar-refractivity contribution in [1.29, 1.82) is 0 Å². The summed E-state index contributed by atoms with van der Waals surface area (Å²) in [6, 6.07) is 3.61. The van der Waals surface area contributed by atoms with Crippen molar-refractivity contribution in [3.63, 3.8) is 0 Å². The van der Waals surface area contributed by atoms with Gasteiger partial charge in [0.05, 0.1) is 0 Å². The zero-order chi connectivity index (χ0) is 8.97. The molecule has 0 aliphatic carbocycles. The molecular formula is C9H10BrClO. The molecule has 0 aliphatic rings. The molecule has 0 spiro atoms. The second-order valence-electron chi connectivity index (χ2n) is 2.43. The van der Waals surface area contributed by atoms with Crippen LogP contribution in [0.1, 0.15) is 19.1 Å². The Morgan fingerprint density at radius 3 is 2.83 bits per heavy atom. The van der Waals surface area contributed by atoms with Gasteiger partial charge in [0.25, 0.3) is 0 Å². The van der Waals surface area contributed by atoms with Gasteiger partial charge in [0.15, 0.2) is 5.22 Å². The van der Waals surface area contributed by atoms with Crippen LogP contribution in [0.2, 0.25) is 5.22 Å². The normalized spacial score (nSPS) is 12.1. The molecule has 1 heterocycles. The maximum absolute atomic E-state index is 5.62. The first kappa shape index (κ1) is 9.87. The molecule has 0 bridgehead atoms. The smallest absolute Gasteiger partial charge is 0.193 e. The van der Waals surface area contributed by atoms with E-state index in [-0.39, 0.29) is 0 Å². The van der Waals surface area contributed by atoms with Gasteiger partial charge < -0.3 is 4.42 Å². The fraction of sp³-hybridized carbons (Fsp3) is 0.333. The molecular weight excluding hydrogens is 239 g/mol. The van der Waals surface area contributed by atoms with Crippen LogP contribution in [0.3, 0.4) is 0 Å². The fourth-order valence-electron chi connectivity index (χ4n) is 0.842. The number of allylic oxidation sites excluding steroid dienone is 1. The van der Waals surface area contributed by atoms with E-state index in [1.807, 2.05) is 12.1 Å². The third-order valence-corrected chi connectivity index (χ3v) is 2.49. The predicted octanol–water partition coefficient (Wildman–Crippen LogP) is 4.12. The first-order valence-electron chi connectivity index (χ1n) is 3.77. The Kier molecular flexibility index (Phi) is 3.89. The lowest BCUT2D eigenvalue weighted by molar-refractivity contribution is 0.558. The van der Waals surface area contributed by atoms with Crippen molar-refractivity contribution < 1.29 is 4.42 Å². The fourth-order valence-corrected chi connectivity index (χ4v) is 1.55. The number of hydrogen-bond acceptors (Lipinski definition) is 1. The highest BCUT2D eigenvalue weighted by molar-refractivity contribution is 9.09. The van der Waals surface area contributed by atoms with Gasteiger partial charge in [-0.2, -0.15) is 0 Å². The largest absolute Gasteiger partial charge is 0.445 e. The van der Waals surface area contributed by atoms with Gasteiger partial charge >= 0.3 is 0 Å². The van der Waals surface area contributed by atoms with E-state index in [2.05, 4.69) is 22.9 Å². The lowest BCUT2D eigenvalue weighted by atomic mass is 10.2. The van der Waals surface area contributed by atoms with Crippen molar-refractivity contribution >= 4 is 33.6 Å². The second kappa shape index (κ2) is 4.73. The van der Waals surface area contributed by atoms with Gasteiger partial charge in [-0.15, -0.1) is 0 Å². The molecule has 1 aromatic rings. The maximum atomic E-state index is 5.62. The van der Waals surface area contributed by atoms with Crippen molar-refractivity contribution in [2.75, 3.05) is 5.33 Å². The number of hydrogen-bond donors (Lipinski definition) is 0. The molecule has 0 atom stereocenters. The third-order valence-electron chi connectivity index (χ3n) is 1.57. The average molecular weight is 250 g/mol. The van der Waals surface area contributed by atoms with Crippen LogP contribution in [0, 0.1) is 0 Å². The molecule has 66 valence electrons. The molecule has 0 N–H and O–H groups in total. The predicted molar refractivity (Wildman–Crippen MR) is 55.8 cm³/mol. The van der Waals surface area contributed by atoms with E-state index in [0.717, 1.165) is 17.5 Å². The Morgan fingerprint density at radius 2 is 2.42 bits per heavy atom. The summed E-state index contributed by atoms with van der Waals surface area (Å²) >= 11 is 9.02. The highest BCUT2D eigenvalue weighted by Gasteiger charge is 1.97. The Balaban J connectivity index is 2.78. The third kappa shape index (κ3) is 2.68. The van der Waals surface area contributed by atoms with E-state index >= 15 is 0 Å². The molecule has 0 aliphatic heterocycles. The summed E-state index contributed by atoms with van der Waals surface area (Å²) in [4.78, 5) is 0. The van der Waals surface area contributed by atoms with Crippen molar-refractivity contribution in [2.24, 2.45) is 0 Å². The monoisotopic (exact) mass is 248 g/mol. The van der Waals surface area contributed by atoms with Crippen LogP contribution in [0.25, 0.3) is 6.08 Å². The highest BCUT2D eigenvalue weighted by Crippen LogP contribution is 2.17. The lowest BCUT2D eigenvalue weighted by Crippen LogP contribution is -1.79. The van der Waals surface area contributed by atoms with Gasteiger partial charge in [0.1, 0.15) is 5.76 Å². The molecule has 0 saturated carbocycles. The van der Waals surface area contributed by atoms with E-state index in [9.17, 15) is 0 Å². The topological polar surface area (TPSA) is 13.1 Å². The number of halogens is 2. The Hall–Kier alpha value is -0.210. The lowest BCUT2D eigenvalue weighted by Gasteiger charge is -1.95. The van der Waals surface area contributed by atoms with Crippen LogP contribution in [0.5, 0.6) is 0 Å². The van der Waals surface area contributed by atoms with E-state index in [4.69, 9.17) is 16.0 Å². The molecule has 0 aromatic carbocycles. The first-order chi connectivity index (χ1) is 5.76. The maximum Gasteiger partial charge on any atom is 0.193 e. The van der Waals surface area contributed by atoms with Crippen LogP contribution >= 0.6 is 27.5 Å². The molecule has 0 saturated heterocycles. The summed E-state index contributed by atoms with van der Waals surface area (Å²) in [6.45, 7) is 2.11. The average Bonchev–Trinajstić information content (AvgIpc) is 2.47. The van der Waals surface area contributed by atoms with Crippen molar-refractivity contribution in [1.82, 2.24) is 0 Å². The molecule has 1 aromatic heterocycles. The quantitative estimate of drug-likeness (QED) is 0.735. The summed E-state index contributed by atoms with van der Waals surface area (Å²) in [6.07, 6.45) is 3.02. The van der Waals surface area contributed by atoms with Crippen LogP contribution in [-0.2, 0) is 0 Å². The molecule has 0 amide bonds. The van der Waals surface area contributed by atoms with Gasteiger partial charge in [0.2, 0.25) is 0 Å². The molecule has 1 rings (SSSR count). The first-order valence-corrected chi connectivity index (χ1v) is 5.27. The molecule has 0 fully saturated rings. The Bertz CT molecular complexity index is 272. The number of rotatable bonds is 3. The van der Waals surface area contributed by atoms with Gasteiger partial charge in [-0.25, -0.2) is 0 Å². The Labute approximate surface area is 85.5 Å². The molecule has 3 heteroatoms. The molecule has 1 nitrogen and oxygen atoms in total. The number of alkyl halides is 1. The van der Waals surface area contributed by atoms with E-state index in [0.29, 0.717) is 5.22 Å². The van der Waals surface area contributed by atoms with Crippen molar-refractivity contribution in [2.45, 2.75) is 13.3 Å². The minimum atomic E-state index is 0.436. The highest BCUT2D eigenvalue weighted by atomic mass is 79.9. The zero-order valence-corrected chi connectivity index (χ0v) is 9.15. The van der Waals surface area contributed by atoms with Crippen LogP contribution in [0.15, 0.2) is 22.1 Å². The summed E-state index contributed by atoms with van der Waals surface area (Å²) < 4.78 is 5.19. The minimum Gasteiger partial charge on any atom is -0.445 e. The number of furan rings is 1. The van der Waals surface area contributed by atoms with E-state index < -0.39 is 0 Å².